The predicted octanol–water partition coefficient (Wildman–Crippen LogP) is 3.75. The van der Waals surface area contributed by atoms with Gasteiger partial charge in [-0.05, 0) is 44.4 Å². The molecule has 0 aromatic heterocycles. The molecule has 1 fully saturated rings. The highest BCUT2D eigenvalue weighted by Crippen LogP contribution is 2.42. The van der Waals surface area contributed by atoms with Crippen LogP contribution in [0.2, 0.25) is 0 Å². The summed E-state index contributed by atoms with van der Waals surface area (Å²) in [5.41, 5.74) is 6.88. The largest absolute Gasteiger partial charge is 0.329 e. The average molecular weight is 287 g/mol. The summed E-state index contributed by atoms with van der Waals surface area (Å²) in [4.78, 5) is 2.70. The molecule has 2 nitrogen and oxygen atoms in total. The summed E-state index contributed by atoms with van der Waals surface area (Å²) in [5, 5.41) is 0. The molecule has 0 aliphatic carbocycles. The van der Waals surface area contributed by atoms with Crippen molar-refractivity contribution >= 4 is 11.8 Å². The van der Waals surface area contributed by atoms with Gasteiger partial charge >= 0.3 is 0 Å². The van der Waals surface area contributed by atoms with Crippen LogP contribution in [-0.2, 0) is 0 Å². The van der Waals surface area contributed by atoms with Crippen molar-refractivity contribution in [3.05, 3.63) is 0 Å². The number of rotatable bonds is 7. The molecule has 0 spiro atoms. The molecule has 0 aromatic rings. The van der Waals surface area contributed by atoms with Crippen LogP contribution in [0.1, 0.15) is 60.3 Å². The van der Waals surface area contributed by atoms with Crippen molar-refractivity contribution in [2.24, 2.45) is 11.1 Å². The molecule has 19 heavy (non-hydrogen) atoms. The Hall–Kier alpha value is 0.270. The van der Waals surface area contributed by atoms with Gasteiger partial charge < -0.3 is 5.73 Å². The fraction of sp³-hybridized carbons (Fsp3) is 1.00. The van der Waals surface area contributed by atoms with Crippen LogP contribution in [0.4, 0.5) is 0 Å². The molecule has 0 bridgehead atoms. The topological polar surface area (TPSA) is 29.3 Å². The van der Waals surface area contributed by atoms with E-state index in [1.807, 2.05) is 0 Å². The zero-order valence-electron chi connectivity index (χ0n) is 13.7. The van der Waals surface area contributed by atoms with Crippen LogP contribution in [-0.4, -0.2) is 41.1 Å². The van der Waals surface area contributed by atoms with Crippen LogP contribution in [0.25, 0.3) is 0 Å². The van der Waals surface area contributed by atoms with Gasteiger partial charge in [-0.3, -0.25) is 4.90 Å². The molecule has 0 saturated carbocycles. The van der Waals surface area contributed by atoms with Crippen molar-refractivity contribution < 1.29 is 0 Å². The summed E-state index contributed by atoms with van der Waals surface area (Å²) in [6.45, 7) is 13.7. The molecule has 1 aliphatic rings. The molecule has 0 radical (unpaired) electrons. The third-order valence-corrected chi connectivity index (χ3v) is 6.01. The van der Waals surface area contributed by atoms with Crippen LogP contribution in [0.3, 0.4) is 0 Å². The lowest BCUT2D eigenvalue weighted by atomic mass is 9.78. The van der Waals surface area contributed by atoms with Crippen LogP contribution >= 0.6 is 11.8 Å². The van der Waals surface area contributed by atoms with Gasteiger partial charge in [0.15, 0.2) is 0 Å². The molecular formula is C16H34N2S. The maximum Gasteiger partial charge on any atom is 0.0429 e. The molecular weight excluding hydrogens is 252 g/mol. The van der Waals surface area contributed by atoms with E-state index in [0.29, 0.717) is 11.5 Å². The van der Waals surface area contributed by atoms with Gasteiger partial charge in [0.1, 0.15) is 0 Å². The Bertz CT molecular complexity index is 265. The Morgan fingerprint density at radius 3 is 2.37 bits per heavy atom. The molecule has 1 aliphatic heterocycles. The molecule has 1 rings (SSSR count). The highest BCUT2D eigenvalue weighted by molar-refractivity contribution is 7.99. The van der Waals surface area contributed by atoms with Crippen LogP contribution in [0.15, 0.2) is 0 Å². The van der Waals surface area contributed by atoms with Crippen molar-refractivity contribution in [1.82, 2.24) is 4.90 Å². The second-order valence-corrected chi connectivity index (χ2v) is 8.24. The van der Waals surface area contributed by atoms with Crippen LogP contribution in [0.5, 0.6) is 0 Å². The van der Waals surface area contributed by atoms with Gasteiger partial charge in [-0.2, -0.15) is 11.8 Å². The molecule has 114 valence electrons. The summed E-state index contributed by atoms with van der Waals surface area (Å²) in [6, 6.07) is 0.593. The summed E-state index contributed by atoms with van der Waals surface area (Å²) in [7, 11) is 0. The second-order valence-electron chi connectivity index (χ2n) is 7.26. The maximum atomic E-state index is 6.25. The van der Waals surface area contributed by atoms with Gasteiger partial charge in [0.25, 0.3) is 0 Å². The molecule has 1 heterocycles. The van der Waals surface area contributed by atoms with Gasteiger partial charge in [0.05, 0.1) is 0 Å². The van der Waals surface area contributed by atoms with Gasteiger partial charge in [-0.15, -0.1) is 0 Å². The van der Waals surface area contributed by atoms with E-state index in [1.165, 1.54) is 43.7 Å². The van der Waals surface area contributed by atoms with Gasteiger partial charge in [0.2, 0.25) is 0 Å². The lowest BCUT2D eigenvalue weighted by Gasteiger charge is -2.52. The predicted molar refractivity (Wildman–Crippen MR) is 88.9 cm³/mol. The van der Waals surface area contributed by atoms with Crippen LogP contribution < -0.4 is 5.73 Å². The minimum Gasteiger partial charge on any atom is -0.329 e. The van der Waals surface area contributed by atoms with E-state index in [1.54, 1.807) is 0 Å². The first kappa shape index (κ1) is 17.3. The molecule has 0 aromatic carbocycles. The summed E-state index contributed by atoms with van der Waals surface area (Å²) < 4.78 is 0. The number of hydrogen-bond acceptors (Lipinski definition) is 3. The normalized spacial score (nSPS) is 27.2. The monoisotopic (exact) mass is 286 g/mol. The van der Waals surface area contributed by atoms with Gasteiger partial charge in [-0.1, -0.05) is 33.6 Å². The van der Waals surface area contributed by atoms with E-state index in [2.05, 4.69) is 51.3 Å². The Labute approximate surface area is 124 Å². The average Bonchev–Trinajstić information content (AvgIpc) is 2.32. The first-order chi connectivity index (χ1) is 8.87. The van der Waals surface area contributed by atoms with Crippen molar-refractivity contribution in [3.8, 4) is 0 Å². The van der Waals surface area contributed by atoms with E-state index in [-0.39, 0.29) is 5.54 Å². The molecule has 1 atom stereocenters. The fourth-order valence-electron chi connectivity index (χ4n) is 3.52. The molecule has 0 amide bonds. The number of thioether (sulfide) groups is 1. The van der Waals surface area contributed by atoms with Crippen molar-refractivity contribution in [1.29, 1.82) is 0 Å². The SMILES string of the molecule is CCCCCN(C(C)C)C1(CN)CSCC(C)(C)C1. The minimum absolute atomic E-state index is 0.217. The second kappa shape index (κ2) is 7.33. The summed E-state index contributed by atoms with van der Waals surface area (Å²) >= 11 is 2.10. The highest BCUT2D eigenvalue weighted by atomic mass is 32.2. The standard InChI is InChI=1S/C16H34N2S/c1-6-7-8-9-18(14(2)3)16(11-17)10-15(4,5)12-19-13-16/h14H,6-13,17H2,1-5H3. The maximum absolute atomic E-state index is 6.25. The quantitative estimate of drug-likeness (QED) is 0.723. The van der Waals surface area contributed by atoms with E-state index < -0.39 is 0 Å². The summed E-state index contributed by atoms with van der Waals surface area (Å²) in [5.74, 6) is 2.48. The fourth-order valence-corrected chi connectivity index (χ4v) is 5.04. The lowest BCUT2D eigenvalue weighted by Crippen LogP contribution is -2.62. The first-order valence-corrected chi connectivity index (χ1v) is 9.07. The highest BCUT2D eigenvalue weighted by Gasteiger charge is 2.44. The third kappa shape index (κ3) is 4.64. The Morgan fingerprint density at radius 1 is 1.21 bits per heavy atom. The molecule has 2 N–H and O–H groups in total. The molecule has 3 heteroatoms. The van der Waals surface area contributed by atoms with Gasteiger partial charge in [0, 0.05) is 23.9 Å². The Kier molecular flexibility index (Phi) is 6.68. The third-order valence-electron chi connectivity index (χ3n) is 4.29. The number of unbranched alkanes of at least 4 members (excludes halogenated alkanes) is 2. The molecule has 1 unspecified atom stereocenters. The van der Waals surface area contributed by atoms with E-state index in [0.717, 1.165) is 6.54 Å². The number of nitrogens with two attached hydrogens (primary N) is 1. The van der Waals surface area contributed by atoms with E-state index in [4.69, 9.17) is 5.73 Å². The van der Waals surface area contributed by atoms with Crippen LogP contribution in [0, 0.1) is 5.41 Å². The number of hydrogen-bond donors (Lipinski definition) is 1. The summed E-state index contributed by atoms with van der Waals surface area (Å²) in [6.07, 6.45) is 5.18. The van der Waals surface area contributed by atoms with E-state index in [9.17, 15) is 0 Å². The smallest absolute Gasteiger partial charge is 0.0429 e. The Morgan fingerprint density at radius 2 is 1.89 bits per heavy atom. The zero-order chi connectivity index (χ0) is 14.5. The lowest BCUT2D eigenvalue weighted by molar-refractivity contribution is 0.0402. The first-order valence-electron chi connectivity index (χ1n) is 7.91. The Balaban J connectivity index is 2.82. The molecule has 1 saturated heterocycles. The zero-order valence-corrected chi connectivity index (χ0v) is 14.5. The van der Waals surface area contributed by atoms with E-state index >= 15 is 0 Å². The van der Waals surface area contributed by atoms with Crippen molar-refractivity contribution in [2.75, 3.05) is 24.6 Å². The van der Waals surface area contributed by atoms with Crippen molar-refractivity contribution in [3.63, 3.8) is 0 Å². The minimum atomic E-state index is 0.217. The number of nitrogens with zero attached hydrogens (tertiary/aromatic N) is 1. The van der Waals surface area contributed by atoms with Gasteiger partial charge in [-0.25, -0.2) is 0 Å². The van der Waals surface area contributed by atoms with Crippen molar-refractivity contribution in [2.45, 2.75) is 71.9 Å².